The van der Waals surface area contributed by atoms with E-state index in [9.17, 15) is 0 Å². The summed E-state index contributed by atoms with van der Waals surface area (Å²) in [4.78, 5) is 0. The number of aliphatic hydroxyl groups excluding tert-OH is 1. The number of imidazole rings is 1. The second kappa shape index (κ2) is 5.74. The van der Waals surface area contributed by atoms with Crippen LogP contribution < -0.4 is 4.57 Å². The summed E-state index contributed by atoms with van der Waals surface area (Å²) in [6, 6.07) is 0. The number of hydrogen-bond donors (Lipinski definition) is 1. The van der Waals surface area contributed by atoms with Crippen molar-refractivity contribution in [3.05, 3.63) is 18.7 Å². The van der Waals surface area contributed by atoms with Crippen LogP contribution in [0.4, 0.5) is 0 Å². The predicted octanol–water partition coefficient (Wildman–Crippen LogP) is -1.53. The van der Waals surface area contributed by atoms with Crippen molar-refractivity contribution in [2.45, 2.75) is 6.54 Å². The van der Waals surface area contributed by atoms with Gasteiger partial charge in [0.15, 0.2) is 0 Å². The zero-order valence-electron chi connectivity index (χ0n) is 8.12. The van der Waals surface area contributed by atoms with Crippen molar-refractivity contribution in [2.24, 2.45) is 7.05 Å². The Morgan fingerprint density at radius 3 is 2.36 bits per heavy atom. The number of rotatable bonds is 2. The maximum Gasteiger partial charge on any atom is 0.243 e. The van der Waals surface area contributed by atoms with Crippen LogP contribution in [0.15, 0.2) is 18.7 Å². The van der Waals surface area contributed by atoms with Crippen molar-refractivity contribution in [2.75, 3.05) is 12.9 Å². The average Bonchev–Trinajstić information content (AvgIpc) is 2.32. The molecule has 0 spiro atoms. The van der Waals surface area contributed by atoms with Crippen LogP contribution in [0.5, 0.6) is 0 Å². The summed E-state index contributed by atoms with van der Waals surface area (Å²) < 4.78 is 31.1. The molecule has 0 saturated heterocycles. The van der Waals surface area contributed by atoms with Crippen LogP contribution >= 0.6 is 0 Å². The highest BCUT2D eigenvalue weighted by atomic mass is 32.2. The Bertz CT molecular complexity index is 350. The Hall–Kier alpha value is -0.920. The van der Waals surface area contributed by atoms with E-state index in [1.54, 1.807) is 0 Å². The summed E-state index contributed by atoms with van der Waals surface area (Å²) in [5.41, 5.74) is 0. The van der Waals surface area contributed by atoms with Crippen LogP contribution in [0.2, 0.25) is 0 Å². The molecule has 0 amide bonds. The second-order valence-electron chi connectivity index (χ2n) is 2.74. The van der Waals surface area contributed by atoms with Gasteiger partial charge in [-0.3, -0.25) is 0 Å². The summed E-state index contributed by atoms with van der Waals surface area (Å²) >= 11 is 0. The molecule has 0 aliphatic carbocycles. The van der Waals surface area contributed by atoms with Crippen molar-refractivity contribution >= 4 is 10.1 Å². The number of nitrogens with zero attached hydrogens (tertiary/aromatic N) is 2. The Kier molecular flexibility index (Phi) is 5.36. The van der Waals surface area contributed by atoms with Crippen LogP contribution in [0.1, 0.15) is 0 Å². The average molecular weight is 222 g/mol. The van der Waals surface area contributed by atoms with E-state index in [-0.39, 0.29) is 6.61 Å². The summed E-state index contributed by atoms with van der Waals surface area (Å²) in [5, 5.41) is 8.50. The first-order valence-electron chi connectivity index (χ1n) is 3.85. The zero-order chi connectivity index (χ0) is 11.2. The zero-order valence-corrected chi connectivity index (χ0v) is 8.94. The van der Waals surface area contributed by atoms with Gasteiger partial charge in [0.25, 0.3) is 0 Å². The highest BCUT2D eigenvalue weighted by Crippen LogP contribution is 1.80. The third kappa shape index (κ3) is 9.17. The first kappa shape index (κ1) is 13.1. The molecule has 0 aliphatic heterocycles. The minimum atomic E-state index is -3.92. The monoisotopic (exact) mass is 222 g/mol. The first-order valence-corrected chi connectivity index (χ1v) is 5.67. The summed E-state index contributed by atoms with van der Waals surface area (Å²) in [7, 11) is -1.96. The van der Waals surface area contributed by atoms with Crippen LogP contribution in [-0.4, -0.2) is 35.5 Å². The molecule has 6 nitrogen and oxygen atoms in total. The van der Waals surface area contributed by atoms with E-state index >= 15 is 0 Å². The van der Waals surface area contributed by atoms with E-state index in [4.69, 9.17) is 18.1 Å². The van der Waals surface area contributed by atoms with Crippen LogP contribution in [-0.2, 0) is 23.7 Å². The van der Waals surface area contributed by atoms with Gasteiger partial charge in [0.2, 0.25) is 6.33 Å². The van der Waals surface area contributed by atoms with Crippen molar-refractivity contribution < 1.29 is 22.6 Å². The molecule has 0 fully saturated rings. The summed E-state index contributed by atoms with van der Waals surface area (Å²) in [6.07, 6.45) is 6.40. The molecule has 0 aromatic carbocycles. The van der Waals surface area contributed by atoms with Gasteiger partial charge in [0, 0.05) is 6.26 Å². The van der Waals surface area contributed by atoms with E-state index in [2.05, 4.69) is 0 Å². The van der Waals surface area contributed by atoms with E-state index in [0.717, 1.165) is 0 Å². The summed E-state index contributed by atoms with van der Waals surface area (Å²) in [5.74, 6) is 0. The number of aromatic nitrogens is 2. The molecule has 0 aliphatic rings. The third-order valence-corrected chi connectivity index (χ3v) is 1.18. The molecular formula is C7H14N2O4S. The van der Waals surface area contributed by atoms with Gasteiger partial charge < -0.3 is 9.66 Å². The van der Waals surface area contributed by atoms with Crippen LogP contribution in [0, 0.1) is 0 Å². The van der Waals surface area contributed by atoms with Gasteiger partial charge in [0.05, 0.1) is 23.8 Å². The van der Waals surface area contributed by atoms with E-state index in [1.807, 2.05) is 34.9 Å². The molecule has 1 aromatic heterocycles. The molecular weight excluding hydrogens is 208 g/mol. The quantitative estimate of drug-likeness (QED) is 0.485. The normalized spacial score (nSPS) is 10.6. The maximum atomic E-state index is 9.08. The SMILES string of the molecule is CS(=O)(=O)[O-].C[n+]1ccn(CCO)c1. The van der Waals surface area contributed by atoms with Crippen molar-refractivity contribution in [3.8, 4) is 0 Å². The highest BCUT2D eigenvalue weighted by molar-refractivity contribution is 7.84. The Labute approximate surface area is 83.2 Å². The Balaban J connectivity index is 0.000000292. The highest BCUT2D eigenvalue weighted by Gasteiger charge is 1.95. The van der Waals surface area contributed by atoms with Gasteiger partial charge in [-0.15, -0.1) is 0 Å². The van der Waals surface area contributed by atoms with Gasteiger partial charge in [0.1, 0.15) is 18.9 Å². The fourth-order valence-corrected chi connectivity index (χ4v) is 0.749. The van der Waals surface area contributed by atoms with Gasteiger partial charge >= 0.3 is 0 Å². The van der Waals surface area contributed by atoms with Crippen LogP contribution in [0.3, 0.4) is 0 Å². The molecule has 1 rings (SSSR count). The predicted molar refractivity (Wildman–Crippen MR) is 48.3 cm³/mol. The van der Waals surface area contributed by atoms with Gasteiger partial charge in [-0.1, -0.05) is 0 Å². The molecule has 82 valence electrons. The molecule has 0 radical (unpaired) electrons. The molecule has 0 saturated carbocycles. The van der Waals surface area contributed by atoms with Crippen molar-refractivity contribution in [1.29, 1.82) is 0 Å². The molecule has 1 heterocycles. The van der Waals surface area contributed by atoms with E-state index < -0.39 is 10.1 Å². The smallest absolute Gasteiger partial charge is 0.243 e. The Morgan fingerprint density at radius 1 is 1.57 bits per heavy atom. The second-order valence-corrected chi connectivity index (χ2v) is 4.15. The van der Waals surface area contributed by atoms with Gasteiger partial charge in [-0.05, 0) is 0 Å². The minimum Gasteiger partial charge on any atom is -0.748 e. The number of aryl methyl sites for hydroxylation is 1. The lowest BCUT2D eigenvalue weighted by molar-refractivity contribution is -0.671. The number of hydrogen-bond acceptors (Lipinski definition) is 4. The summed E-state index contributed by atoms with van der Waals surface area (Å²) in [6.45, 7) is 0.884. The molecule has 14 heavy (non-hydrogen) atoms. The molecule has 7 heteroatoms. The largest absolute Gasteiger partial charge is 0.748 e. The lowest BCUT2D eigenvalue weighted by Crippen LogP contribution is -2.23. The molecule has 1 aromatic rings. The van der Waals surface area contributed by atoms with E-state index in [1.165, 1.54) is 0 Å². The fraction of sp³-hybridized carbons (Fsp3) is 0.571. The van der Waals surface area contributed by atoms with Crippen molar-refractivity contribution in [1.82, 2.24) is 4.57 Å². The topological polar surface area (TPSA) is 86.2 Å². The standard InChI is InChI=1S/C6H11N2O.CH4O3S/c1-7-2-3-8(6-7)4-5-9;1-5(2,3)4/h2-3,6,9H,4-5H2,1H3;1H3,(H,2,3,4)/q+1;/p-1. The Morgan fingerprint density at radius 2 is 2.07 bits per heavy atom. The lowest BCUT2D eigenvalue weighted by atomic mass is 10.7. The molecule has 0 bridgehead atoms. The lowest BCUT2D eigenvalue weighted by Gasteiger charge is -1.90. The number of aliphatic hydroxyl groups is 1. The molecule has 0 unspecified atom stereocenters. The van der Waals surface area contributed by atoms with Crippen molar-refractivity contribution in [3.63, 3.8) is 0 Å². The molecule has 1 N–H and O–H groups in total. The van der Waals surface area contributed by atoms with E-state index in [0.29, 0.717) is 12.8 Å². The fourth-order valence-electron chi connectivity index (χ4n) is 0.749. The third-order valence-electron chi connectivity index (χ3n) is 1.18. The first-order chi connectivity index (χ1) is 6.33. The van der Waals surface area contributed by atoms with Gasteiger partial charge in [-0.2, -0.15) is 0 Å². The molecule has 0 atom stereocenters. The maximum absolute atomic E-state index is 9.08. The van der Waals surface area contributed by atoms with Crippen LogP contribution in [0.25, 0.3) is 0 Å². The van der Waals surface area contributed by atoms with Gasteiger partial charge in [-0.25, -0.2) is 17.6 Å². The minimum absolute atomic E-state index is 0.203.